The van der Waals surface area contributed by atoms with Crippen molar-refractivity contribution in [3.8, 4) is 0 Å². The molecule has 3 rings (SSSR count). The van der Waals surface area contributed by atoms with E-state index in [0.29, 0.717) is 37.8 Å². The number of carbonyl (C=O) groups is 3. The number of hydrogen-bond acceptors (Lipinski definition) is 4. The number of amides is 4. The molecule has 0 saturated carbocycles. The molecule has 1 atom stereocenters. The van der Waals surface area contributed by atoms with Gasteiger partial charge in [-0.3, -0.25) is 14.5 Å². The highest BCUT2D eigenvalue weighted by atomic mass is 16.5. The Hall–Kier alpha value is -2.41. The number of ether oxygens (including phenoxy) is 1. The fourth-order valence-corrected chi connectivity index (χ4v) is 3.29. The molecule has 2 saturated heterocycles. The normalized spacial score (nSPS) is 23.5. The summed E-state index contributed by atoms with van der Waals surface area (Å²) in [6, 6.07) is 7.12. The highest BCUT2D eigenvalue weighted by Crippen LogP contribution is 2.30. The monoisotopic (exact) mass is 359 g/mol. The number of imide groups is 1. The summed E-state index contributed by atoms with van der Waals surface area (Å²) in [6.07, 6.45) is 0. The Morgan fingerprint density at radius 1 is 1.19 bits per heavy atom. The van der Waals surface area contributed by atoms with E-state index < -0.39 is 17.5 Å². The van der Waals surface area contributed by atoms with Gasteiger partial charge in [-0.15, -0.1) is 0 Å². The van der Waals surface area contributed by atoms with Gasteiger partial charge in [0.2, 0.25) is 5.91 Å². The molecule has 140 valence electrons. The summed E-state index contributed by atoms with van der Waals surface area (Å²) in [7, 11) is 0. The molecule has 0 spiro atoms. The lowest BCUT2D eigenvalue weighted by Crippen LogP contribution is -2.47. The molecular formula is C19H25N3O4. The van der Waals surface area contributed by atoms with Gasteiger partial charge in [-0.1, -0.05) is 38.1 Å². The van der Waals surface area contributed by atoms with E-state index in [1.54, 1.807) is 11.8 Å². The van der Waals surface area contributed by atoms with Gasteiger partial charge in [-0.25, -0.2) is 4.79 Å². The van der Waals surface area contributed by atoms with Crippen molar-refractivity contribution in [2.45, 2.75) is 32.2 Å². The topological polar surface area (TPSA) is 79.0 Å². The number of carbonyl (C=O) groups excluding carboxylic acids is 3. The van der Waals surface area contributed by atoms with Gasteiger partial charge in [0, 0.05) is 13.1 Å². The quantitative estimate of drug-likeness (QED) is 0.825. The van der Waals surface area contributed by atoms with Gasteiger partial charge < -0.3 is 15.0 Å². The Morgan fingerprint density at radius 3 is 2.38 bits per heavy atom. The zero-order valence-electron chi connectivity index (χ0n) is 15.4. The number of nitrogens with one attached hydrogen (secondary N) is 1. The maximum absolute atomic E-state index is 12.9. The first-order valence-electron chi connectivity index (χ1n) is 8.93. The first-order chi connectivity index (χ1) is 12.3. The minimum absolute atomic E-state index is 0.240. The highest BCUT2D eigenvalue weighted by molar-refractivity contribution is 6.09. The second-order valence-electron chi connectivity index (χ2n) is 7.22. The van der Waals surface area contributed by atoms with Crippen molar-refractivity contribution in [2.24, 2.45) is 0 Å². The number of nitrogens with zero attached hydrogens (tertiary/aromatic N) is 2. The van der Waals surface area contributed by atoms with Gasteiger partial charge in [0.15, 0.2) is 0 Å². The van der Waals surface area contributed by atoms with Crippen molar-refractivity contribution < 1.29 is 19.1 Å². The molecule has 2 aliphatic heterocycles. The smallest absolute Gasteiger partial charge is 0.325 e. The second-order valence-corrected chi connectivity index (χ2v) is 7.22. The lowest BCUT2D eigenvalue weighted by molar-refractivity contribution is -0.141. The molecule has 2 fully saturated rings. The number of hydrogen-bond donors (Lipinski definition) is 1. The Bertz CT molecular complexity index is 710. The van der Waals surface area contributed by atoms with Crippen LogP contribution in [0.5, 0.6) is 0 Å². The minimum Gasteiger partial charge on any atom is -0.378 e. The molecule has 0 bridgehead atoms. The molecule has 26 heavy (non-hydrogen) atoms. The molecule has 0 radical (unpaired) electrons. The van der Waals surface area contributed by atoms with Crippen LogP contribution in [0.25, 0.3) is 0 Å². The van der Waals surface area contributed by atoms with E-state index in [1.165, 1.54) is 0 Å². The molecule has 7 nitrogen and oxygen atoms in total. The third kappa shape index (κ3) is 3.31. The maximum Gasteiger partial charge on any atom is 0.325 e. The average Bonchev–Trinajstić information content (AvgIpc) is 2.86. The summed E-state index contributed by atoms with van der Waals surface area (Å²) in [4.78, 5) is 40.3. The van der Waals surface area contributed by atoms with Crippen LogP contribution in [0.1, 0.15) is 37.8 Å². The van der Waals surface area contributed by atoms with E-state index in [9.17, 15) is 14.4 Å². The molecular weight excluding hydrogens is 334 g/mol. The van der Waals surface area contributed by atoms with Gasteiger partial charge in [-0.2, -0.15) is 0 Å². The second kappa shape index (κ2) is 7.07. The van der Waals surface area contributed by atoms with Crippen molar-refractivity contribution in [3.63, 3.8) is 0 Å². The van der Waals surface area contributed by atoms with E-state index >= 15 is 0 Å². The number of urea groups is 1. The third-order valence-corrected chi connectivity index (χ3v) is 5.09. The van der Waals surface area contributed by atoms with Gasteiger partial charge >= 0.3 is 6.03 Å². The molecule has 0 unspecified atom stereocenters. The molecule has 2 heterocycles. The fraction of sp³-hybridized carbons (Fsp3) is 0.526. The summed E-state index contributed by atoms with van der Waals surface area (Å²) < 4.78 is 5.23. The fourth-order valence-electron chi connectivity index (χ4n) is 3.29. The van der Waals surface area contributed by atoms with Crippen molar-refractivity contribution in [1.29, 1.82) is 0 Å². The summed E-state index contributed by atoms with van der Waals surface area (Å²) in [5.74, 6) is -0.258. The zero-order chi connectivity index (χ0) is 18.9. The third-order valence-electron chi connectivity index (χ3n) is 5.09. The van der Waals surface area contributed by atoms with E-state index in [0.717, 1.165) is 10.5 Å². The average molecular weight is 359 g/mol. The van der Waals surface area contributed by atoms with Crippen LogP contribution in [0.3, 0.4) is 0 Å². The molecule has 1 N–H and O–H groups in total. The minimum atomic E-state index is -1.15. The van der Waals surface area contributed by atoms with Crippen LogP contribution in [-0.4, -0.2) is 60.5 Å². The first kappa shape index (κ1) is 18.4. The lowest BCUT2D eigenvalue weighted by Gasteiger charge is -2.28. The zero-order valence-corrected chi connectivity index (χ0v) is 15.4. The molecule has 4 amide bonds. The van der Waals surface area contributed by atoms with Gasteiger partial charge in [0.1, 0.15) is 12.1 Å². The predicted octanol–water partition coefficient (Wildman–Crippen LogP) is 1.44. The number of benzene rings is 1. The van der Waals surface area contributed by atoms with Crippen LogP contribution in [0.4, 0.5) is 4.79 Å². The van der Waals surface area contributed by atoms with E-state index in [-0.39, 0.29) is 12.5 Å². The standard InChI is InChI=1S/C19H25N3O4/c1-13(2)14-4-6-15(7-5-14)19(3)17(24)22(18(25)20-19)12-16(23)21-8-10-26-11-9-21/h4-7,13H,8-12H2,1-3H3,(H,20,25)/t19-/m0/s1. The molecule has 2 aliphatic rings. The number of morpholine rings is 1. The summed E-state index contributed by atoms with van der Waals surface area (Å²) >= 11 is 0. The van der Waals surface area contributed by atoms with Gasteiger partial charge in [0.05, 0.1) is 13.2 Å². The van der Waals surface area contributed by atoms with Gasteiger partial charge in [-0.05, 0) is 24.0 Å². The SMILES string of the molecule is CC(C)c1ccc([C@]2(C)NC(=O)N(CC(=O)N3CCOCC3)C2=O)cc1. The van der Waals surface area contributed by atoms with E-state index in [4.69, 9.17) is 4.74 Å². The summed E-state index contributed by atoms with van der Waals surface area (Å²) in [5, 5.41) is 2.75. The van der Waals surface area contributed by atoms with Crippen LogP contribution in [-0.2, 0) is 19.9 Å². The van der Waals surface area contributed by atoms with Crippen LogP contribution in [0.15, 0.2) is 24.3 Å². The van der Waals surface area contributed by atoms with Crippen LogP contribution >= 0.6 is 0 Å². The first-order valence-corrected chi connectivity index (χ1v) is 8.93. The molecule has 0 aliphatic carbocycles. The van der Waals surface area contributed by atoms with Crippen LogP contribution in [0, 0.1) is 0 Å². The molecule has 7 heteroatoms. The predicted molar refractivity (Wildman–Crippen MR) is 95.5 cm³/mol. The highest BCUT2D eigenvalue weighted by Gasteiger charge is 2.49. The van der Waals surface area contributed by atoms with Crippen LogP contribution in [0.2, 0.25) is 0 Å². The van der Waals surface area contributed by atoms with E-state index in [1.807, 2.05) is 24.3 Å². The van der Waals surface area contributed by atoms with E-state index in [2.05, 4.69) is 19.2 Å². The molecule has 1 aromatic carbocycles. The molecule has 1 aromatic rings. The molecule has 0 aromatic heterocycles. The van der Waals surface area contributed by atoms with Crippen molar-refractivity contribution in [2.75, 3.05) is 32.8 Å². The lowest BCUT2D eigenvalue weighted by atomic mass is 9.90. The Balaban J connectivity index is 1.75. The Kier molecular flexibility index (Phi) is 5.00. The summed E-state index contributed by atoms with van der Waals surface area (Å²) in [6.45, 7) is 7.54. The number of rotatable bonds is 4. The van der Waals surface area contributed by atoms with Crippen molar-refractivity contribution in [3.05, 3.63) is 35.4 Å². The van der Waals surface area contributed by atoms with Crippen molar-refractivity contribution >= 4 is 17.8 Å². The van der Waals surface area contributed by atoms with Crippen molar-refractivity contribution in [1.82, 2.24) is 15.1 Å². The van der Waals surface area contributed by atoms with Crippen LogP contribution < -0.4 is 5.32 Å². The Morgan fingerprint density at radius 2 is 1.81 bits per heavy atom. The largest absolute Gasteiger partial charge is 0.378 e. The summed E-state index contributed by atoms with van der Waals surface area (Å²) in [5.41, 5.74) is 0.716. The Labute approximate surface area is 153 Å². The maximum atomic E-state index is 12.9. The van der Waals surface area contributed by atoms with Gasteiger partial charge in [0.25, 0.3) is 5.91 Å².